The fourth-order valence-corrected chi connectivity index (χ4v) is 1.89. The van der Waals surface area contributed by atoms with Crippen LogP contribution in [0.2, 0.25) is 0 Å². The molecule has 0 aromatic heterocycles. The number of nitrogens with one attached hydrogen (secondary N) is 2. The Balaban J connectivity index is 2.73. The van der Waals surface area contributed by atoms with Gasteiger partial charge in [0.25, 0.3) is 0 Å². The van der Waals surface area contributed by atoms with Crippen molar-refractivity contribution in [2.75, 3.05) is 31.3 Å². The van der Waals surface area contributed by atoms with Crippen molar-refractivity contribution in [2.24, 2.45) is 0 Å². The van der Waals surface area contributed by atoms with Crippen LogP contribution in [0.5, 0.6) is 5.75 Å². The second kappa shape index (κ2) is 8.36. The molecule has 0 atom stereocenters. The van der Waals surface area contributed by atoms with Crippen molar-refractivity contribution in [3.63, 3.8) is 0 Å². The first-order chi connectivity index (χ1) is 11.5. The van der Waals surface area contributed by atoms with Crippen LogP contribution >= 0.6 is 0 Å². The number of carbonyl (C=O) groups excluding carboxylic acids is 3. The molecular weight excluding hydrogens is 326 g/mol. The molecule has 0 saturated carbocycles. The fourth-order valence-electron chi connectivity index (χ4n) is 1.89. The van der Waals surface area contributed by atoms with E-state index >= 15 is 0 Å². The maximum Gasteiger partial charge on any atom is 0.410 e. The number of carbonyl (C=O) groups is 3. The lowest BCUT2D eigenvalue weighted by molar-refractivity contribution is -0.117. The zero-order valence-electron chi connectivity index (χ0n) is 15.4. The van der Waals surface area contributed by atoms with Gasteiger partial charge in [-0.15, -0.1) is 0 Å². The Labute approximate surface area is 147 Å². The highest BCUT2D eigenvalue weighted by Crippen LogP contribution is 2.27. The SMILES string of the molecule is COc1ccc(NC(=O)CN(C)C(=O)OC(C)(C)C)cc1NC(C)=O. The van der Waals surface area contributed by atoms with Crippen LogP contribution in [0.15, 0.2) is 18.2 Å². The Morgan fingerprint density at radius 1 is 1.16 bits per heavy atom. The Hall–Kier alpha value is -2.77. The van der Waals surface area contributed by atoms with E-state index in [2.05, 4.69) is 10.6 Å². The molecule has 1 rings (SSSR count). The molecule has 0 fully saturated rings. The number of amides is 3. The number of methoxy groups -OCH3 is 1. The summed E-state index contributed by atoms with van der Waals surface area (Å²) >= 11 is 0. The van der Waals surface area contributed by atoms with E-state index in [1.165, 1.54) is 26.0 Å². The number of likely N-dealkylation sites (N-methyl/N-ethyl adjacent to an activating group) is 1. The summed E-state index contributed by atoms with van der Waals surface area (Å²) in [6.45, 7) is 6.45. The van der Waals surface area contributed by atoms with Gasteiger partial charge >= 0.3 is 6.09 Å². The van der Waals surface area contributed by atoms with E-state index in [-0.39, 0.29) is 12.5 Å². The summed E-state index contributed by atoms with van der Waals surface area (Å²) in [7, 11) is 2.96. The molecule has 0 bridgehead atoms. The van der Waals surface area contributed by atoms with E-state index in [1.807, 2.05) is 0 Å². The molecule has 0 aliphatic carbocycles. The molecule has 0 saturated heterocycles. The maximum atomic E-state index is 12.1. The van der Waals surface area contributed by atoms with Gasteiger partial charge in [-0.25, -0.2) is 4.79 Å². The highest BCUT2D eigenvalue weighted by molar-refractivity contribution is 5.96. The molecule has 3 amide bonds. The largest absolute Gasteiger partial charge is 0.495 e. The zero-order valence-corrected chi connectivity index (χ0v) is 15.4. The summed E-state index contributed by atoms with van der Waals surface area (Å²) in [4.78, 5) is 36.4. The molecule has 1 aromatic rings. The monoisotopic (exact) mass is 351 g/mol. The van der Waals surface area contributed by atoms with Crippen molar-refractivity contribution in [1.82, 2.24) is 4.90 Å². The summed E-state index contributed by atoms with van der Waals surface area (Å²) in [5.74, 6) is -0.183. The van der Waals surface area contributed by atoms with E-state index in [9.17, 15) is 14.4 Å². The van der Waals surface area contributed by atoms with Crippen molar-refractivity contribution in [2.45, 2.75) is 33.3 Å². The average Bonchev–Trinajstić information content (AvgIpc) is 2.44. The van der Waals surface area contributed by atoms with Crippen molar-refractivity contribution in [3.8, 4) is 5.75 Å². The molecule has 8 heteroatoms. The minimum atomic E-state index is -0.634. The van der Waals surface area contributed by atoms with Crippen LogP contribution < -0.4 is 15.4 Å². The zero-order chi connectivity index (χ0) is 19.2. The fraction of sp³-hybridized carbons (Fsp3) is 0.471. The van der Waals surface area contributed by atoms with Crippen molar-refractivity contribution in [1.29, 1.82) is 0 Å². The summed E-state index contributed by atoms with van der Waals surface area (Å²) < 4.78 is 10.3. The first kappa shape index (κ1) is 20.3. The Bertz CT molecular complexity index is 652. The number of anilines is 2. The molecule has 0 unspecified atom stereocenters. The summed E-state index contributed by atoms with van der Waals surface area (Å²) in [6.07, 6.45) is -0.587. The van der Waals surface area contributed by atoms with Crippen LogP contribution in [-0.4, -0.2) is 49.1 Å². The van der Waals surface area contributed by atoms with Gasteiger partial charge in [0.15, 0.2) is 0 Å². The second-order valence-electron chi connectivity index (χ2n) is 6.48. The van der Waals surface area contributed by atoms with E-state index < -0.39 is 17.6 Å². The number of hydrogen-bond donors (Lipinski definition) is 2. The van der Waals surface area contributed by atoms with Crippen LogP contribution in [0.1, 0.15) is 27.7 Å². The van der Waals surface area contributed by atoms with Gasteiger partial charge in [-0.05, 0) is 39.0 Å². The summed E-state index contributed by atoms with van der Waals surface area (Å²) in [6, 6.07) is 4.83. The van der Waals surface area contributed by atoms with E-state index in [0.29, 0.717) is 17.1 Å². The first-order valence-corrected chi connectivity index (χ1v) is 7.71. The molecular formula is C17H25N3O5. The van der Waals surface area contributed by atoms with Crippen LogP contribution in [0.25, 0.3) is 0 Å². The molecule has 1 aromatic carbocycles. The third-order valence-corrected chi connectivity index (χ3v) is 2.88. The van der Waals surface area contributed by atoms with Crippen molar-refractivity contribution < 1.29 is 23.9 Å². The molecule has 0 aliphatic rings. The number of ether oxygens (including phenoxy) is 2. The van der Waals surface area contributed by atoms with E-state index in [4.69, 9.17) is 9.47 Å². The summed E-state index contributed by atoms with van der Waals surface area (Å²) in [5.41, 5.74) is 0.269. The lowest BCUT2D eigenvalue weighted by Gasteiger charge is -2.24. The number of rotatable bonds is 5. The third-order valence-electron chi connectivity index (χ3n) is 2.88. The maximum absolute atomic E-state index is 12.1. The van der Waals surface area contributed by atoms with Crippen molar-refractivity contribution >= 4 is 29.3 Å². The lowest BCUT2D eigenvalue weighted by Crippen LogP contribution is -2.38. The molecule has 2 N–H and O–H groups in total. The molecule has 8 nitrogen and oxygen atoms in total. The highest BCUT2D eigenvalue weighted by atomic mass is 16.6. The van der Waals surface area contributed by atoms with Gasteiger partial charge in [-0.3, -0.25) is 9.59 Å². The minimum absolute atomic E-state index is 0.170. The van der Waals surface area contributed by atoms with E-state index in [0.717, 1.165) is 0 Å². The molecule has 0 radical (unpaired) electrons. The van der Waals surface area contributed by atoms with Gasteiger partial charge in [0, 0.05) is 19.7 Å². The van der Waals surface area contributed by atoms with Crippen LogP contribution in [0.3, 0.4) is 0 Å². The Morgan fingerprint density at radius 3 is 2.32 bits per heavy atom. The van der Waals surface area contributed by atoms with E-state index in [1.54, 1.807) is 39.0 Å². The molecule has 138 valence electrons. The molecule has 0 heterocycles. The van der Waals surface area contributed by atoms with Gasteiger partial charge in [0.05, 0.1) is 12.8 Å². The quantitative estimate of drug-likeness (QED) is 0.849. The predicted octanol–water partition coefficient (Wildman–Crippen LogP) is 2.46. The average molecular weight is 351 g/mol. The van der Waals surface area contributed by atoms with Crippen LogP contribution in [-0.2, 0) is 14.3 Å². The van der Waals surface area contributed by atoms with Crippen LogP contribution in [0, 0.1) is 0 Å². The standard InChI is InChI=1S/C17H25N3O5/c1-11(21)18-13-9-12(7-8-14(13)24-6)19-15(22)10-20(5)16(23)25-17(2,3)4/h7-9H,10H2,1-6H3,(H,18,21)(H,19,22). The number of benzene rings is 1. The Morgan fingerprint density at radius 2 is 1.80 bits per heavy atom. The van der Waals surface area contributed by atoms with Crippen molar-refractivity contribution in [3.05, 3.63) is 18.2 Å². The molecule has 0 aliphatic heterocycles. The van der Waals surface area contributed by atoms with Gasteiger partial charge in [0.2, 0.25) is 11.8 Å². The van der Waals surface area contributed by atoms with Gasteiger partial charge in [0.1, 0.15) is 17.9 Å². The Kier molecular flexibility index (Phi) is 6.78. The topological polar surface area (TPSA) is 97.0 Å². The summed E-state index contributed by atoms with van der Waals surface area (Å²) in [5, 5.41) is 5.28. The van der Waals surface area contributed by atoms with Gasteiger partial charge in [-0.1, -0.05) is 0 Å². The highest BCUT2D eigenvalue weighted by Gasteiger charge is 2.21. The molecule has 0 spiro atoms. The lowest BCUT2D eigenvalue weighted by atomic mass is 10.2. The first-order valence-electron chi connectivity index (χ1n) is 7.71. The number of nitrogens with zero attached hydrogens (tertiary/aromatic N) is 1. The minimum Gasteiger partial charge on any atom is -0.495 e. The molecule has 25 heavy (non-hydrogen) atoms. The second-order valence-corrected chi connectivity index (χ2v) is 6.48. The number of hydrogen-bond acceptors (Lipinski definition) is 5. The smallest absolute Gasteiger partial charge is 0.410 e. The normalized spacial score (nSPS) is 10.6. The van der Waals surface area contributed by atoms with Gasteiger partial charge < -0.3 is 25.0 Å². The third kappa shape index (κ3) is 7.11. The predicted molar refractivity (Wildman–Crippen MR) is 94.8 cm³/mol. The van der Waals surface area contributed by atoms with Crippen LogP contribution in [0.4, 0.5) is 16.2 Å². The van der Waals surface area contributed by atoms with Gasteiger partial charge in [-0.2, -0.15) is 0 Å².